The third-order valence-corrected chi connectivity index (χ3v) is 2.30. The average Bonchev–Trinajstić information content (AvgIpc) is 2.27. The van der Waals surface area contributed by atoms with Gasteiger partial charge in [0.1, 0.15) is 0 Å². The molecular weight excluding hydrogens is 218 g/mol. The summed E-state index contributed by atoms with van der Waals surface area (Å²) >= 11 is 5.78. The first-order valence-corrected chi connectivity index (χ1v) is 4.69. The van der Waals surface area contributed by atoms with Gasteiger partial charge in [0.15, 0.2) is 11.5 Å². The predicted molar refractivity (Wildman–Crippen MR) is 55.2 cm³/mol. The van der Waals surface area contributed by atoms with Gasteiger partial charge < -0.3 is 9.57 Å². The number of carbonyl (C=O) groups excluding carboxylic acids is 1. The molecule has 5 heteroatoms. The van der Waals surface area contributed by atoms with Gasteiger partial charge in [-0.2, -0.15) is 0 Å². The normalized spacial score (nSPS) is 13.6. The third-order valence-electron chi connectivity index (χ3n) is 2.06. The monoisotopic (exact) mass is 225 g/mol. The SMILES string of the molecule is COC(=O)C1=NOc2cc(Cl)ccc2C1. The van der Waals surface area contributed by atoms with Crippen LogP contribution in [0, 0.1) is 0 Å². The third kappa shape index (κ3) is 1.94. The van der Waals surface area contributed by atoms with Crippen LogP contribution in [0.2, 0.25) is 5.02 Å². The first-order valence-electron chi connectivity index (χ1n) is 4.31. The number of halogens is 1. The molecule has 2 rings (SSSR count). The molecule has 0 radical (unpaired) electrons. The van der Waals surface area contributed by atoms with Crippen molar-refractivity contribution in [3.05, 3.63) is 28.8 Å². The van der Waals surface area contributed by atoms with Crippen molar-refractivity contribution in [2.45, 2.75) is 6.42 Å². The summed E-state index contributed by atoms with van der Waals surface area (Å²) in [7, 11) is 1.31. The van der Waals surface area contributed by atoms with E-state index in [4.69, 9.17) is 16.4 Å². The highest BCUT2D eigenvalue weighted by molar-refractivity contribution is 6.37. The second-order valence-corrected chi connectivity index (χ2v) is 3.49. The Kier molecular flexibility index (Phi) is 2.60. The Morgan fingerprint density at radius 2 is 2.40 bits per heavy atom. The van der Waals surface area contributed by atoms with E-state index in [9.17, 15) is 4.79 Å². The van der Waals surface area contributed by atoms with E-state index in [0.717, 1.165) is 5.56 Å². The van der Waals surface area contributed by atoms with E-state index in [1.807, 2.05) is 0 Å². The second kappa shape index (κ2) is 3.90. The fourth-order valence-electron chi connectivity index (χ4n) is 1.30. The fraction of sp³-hybridized carbons (Fsp3) is 0.200. The number of hydrogen-bond acceptors (Lipinski definition) is 4. The molecule has 1 heterocycles. The Morgan fingerprint density at radius 1 is 1.60 bits per heavy atom. The standard InChI is InChI=1S/C10H8ClNO3/c1-14-10(13)8-4-6-2-3-7(11)5-9(6)15-12-8/h2-3,5H,4H2,1H3. The van der Waals surface area contributed by atoms with Crippen LogP contribution in [0.25, 0.3) is 0 Å². The van der Waals surface area contributed by atoms with E-state index in [2.05, 4.69) is 9.89 Å². The maximum atomic E-state index is 11.2. The smallest absolute Gasteiger partial charge is 0.356 e. The number of methoxy groups -OCH3 is 1. The van der Waals surface area contributed by atoms with Gasteiger partial charge in [-0.05, 0) is 6.07 Å². The second-order valence-electron chi connectivity index (χ2n) is 3.05. The lowest BCUT2D eigenvalue weighted by Gasteiger charge is -2.13. The van der Waals surface area contributed by atoms with E-state index in [0.29, 0.717) is 17.2 Å². The zero-order valence-corrected chi connectivity index (χ0v) is 8.75. The van der Waals surface area contributed by atoms with Crippen LogP contribution in [0.4, 0.5) is 0 Å². The molecule has 1 aliphatic heterocycles. The van der Waals surface area contributed by atoms with E-state index in [1.54, 1.807) is 18.2 Å². The highest BCUT2D eigenvalue weighted by atomic mass is 35.5. The van der Waals surface area contributed by atoms with Crippen LogP contribution >= 0.6 is 11.6 Å². The fourth-order valence-corrected chi connectivity index (χ4v) is 1.47. The number of oxime groups is 1. The predicted octanol–water partition coefficient (Wildman–Crippen LogP) is 1.80. The molecule has 0 saturated carbocycles. The first-order chi connectivity index (χ1) is 7.20. The number of carbonyl (C=O) groups is 1. The molecule has 1 aromatic rings. The van der Waals surface area contributed by atoms with Crippen molar-refractivity contribution in [3.8, 4) is 5.75 Å². The molecule has 0 spiro atoms. The summed E-state index contributed by atoms with van der Waals surface area (Å²) in [5, 5.41) is 4.24. The Hall–Kier alpha value is -1.55. The zero-order valence-electron chi connectivity index (χ0n) is 7.99. The lowest BCUT2D eigenvalue weighted by Crippen LogP contribution is -2.22. The maximum absolute atomic E-state index is 11.2. The summed E-state index contributed by atoms with van der Waals surface area (Å²) in [4.78, 5) is 16.2. The molecule has 0 amide bonds. The molecule has 78 valence electrons. The van der Waals surface area contributed by atoms with Gasteiger partial charge in [0, 0.05) is 23.1 Å². The number of hydrogen-bond donors (Lipinski definition) is 0. The minimum Gasteiger partial charge on any atom is -0.464 e. The van der Waals surface area contributed by atoms with Crippen molar-refractivity contribution < 1.29 is 14.4 Å². The summed E-state index contributed by atoms with van der Waals surface area (Å²) in [5.41, 5.74) is 1.13. The topological polar surface area (TPSA) is 47.9 Å². The van der Waals surface area contributed by atoms with Crippen molar-refractivity contribution >= 4 is 23.3 Å². The Bertz CT molecular complexity index is 442. The molecule has 0 bridgehead atoms. The van der Waals surface area contributed by atoms with E-state index >= 15 is 0 Å². The van der Waals surface area contributed by atoms with Crippen molar-refractivity contribution in [2.75, 3.05) is 7.11 Å². The number of benzene rings is 1. The van der Waals surface area contributed by atoms with E-state index < -0.39 is 5.97 Å². The Morgan fingerprint density at radius 3 is 3.13 bits per heavy atom. The van der Waals surface area contributed by atoms with Gasteiger partial charge in [-0.3, -0.25) is 0 Å². The number of fused-ring (bicyclic) bond motifs is 1. The van der Waals surface area contributed by atoms with Crippen LogP contribution in [0.15, 0.2) is 23.4 Å². The number of esters is 1. The number of nitrogens with zero attached hydrogens (tertiary/aromatic N) is 1. The largest absolute Gasteiger partial charge is 0.464 e. The van der Waals surface area contributed by atoms with Crippen molar-refractivity contribution in [1.82, 2.24) is 0 Å². The maximum Gasteiger partial charge on any atom is 0.356 e. The first kappa shape index (κ1) is 9.98. The van der Waals surface area contributed by atoms with Gasteiger partial charge in [-0.25, -0.2) is 4.79 Å². The lowest BCUT2D eigenvalue weighted by molar-refractivity contribution is -0.133. The molecule has 1 aromatic carbocycles. The highest BCUT2D eigenvalue weighted by Crippen LogP contribution is 2.27. The minimum atomic E-state index is -0.476. The average molecular weight is 226 g/mol. The minimum absolute atomic E-state index is 0.257. The summed E-state index contributed by atoms with van der Waals surface area (Å²) < 4.78 is 4.55. The molecule has 0 saturated heterocycles. The van der Waals surface area contributed by atoms with E-state index in [1.165, 1.54) is 7.11 Å². The van der Waals surface area contributed by atoms with Crippen LogP contribution in [-0.2, 0) is 16.0 Å². The zero-order chi connectivity index (χ0) is 10.8. The van der Waals surface area contributed by atoms with E-state index in [-0.39, 0.29) is 5.71 Å². The van der Waals surface area contributed by atoms with Crippen LogP contribution < -0.4 is 4.84 Å². The molecule has 0 atom stereocenters. The molecule has 1 aliphatic rings. The number of ether oxygens (including phenoxy) is 1. The number of rotatable bonds is 1. The van der Waals surface area contributed by atoms with Crippen LogP contribution in [0.1, 0.15) is 5.56 Å². The molecule has 4 nitrogen and oxygen atoms in total. The highest BCUT2D eigenvalue weighted by Gasteiger charge is 2.20. The lowest BCUT2D eigenvalue weighted by atomic mass is 10.1. The van der Waals surface area contributed by atoms with Crippen LogP contribution in [0.5, 0.6) is 5.75 Å². The van der Waals surface area contributed by atoms with Gasteiger partial charge >= 0.3 is 5.97 Å². The van der Waals surface area contributed by atoms with Gasteiger partial charge in [0.2, 0.25) is 0 Å². The van der Waals surface area contributed by atoms with Crippen LogP contribution in [-0.4, -0.2) is 18.8 Å². The molecule has 0 N–H and O–H groups in total. The molecule has 0 aliphatic carbocycles. The van der Waals surface area contributed by atoms with Crippen molar-refractivity contribution in [3.63, 3.8) is 0 Å². The van der Waals surface area contributed by atoms with Crippen molar-refractivity contribution in [1.29, 1.82) is 0 Å². The van der Waals surface area contributed by atoms with Crippen molar-refractivity contribution in [2.24, 2.45) is 5.16 Å². The van der Waals surface area contributed by atoms with Gasteiger partial charge in [0.25, 0.3) is 0 Å². The molecule has 0 aromatic heterocycles. The summed E-state index contributed by atoms with van der Waals surface area (Å²) in [6, 6.07) is 5.20. The summed E-state index contributed by atoms with van der Waals surface area (Å²) in [6.07, 6.45) is 0.402. The quantitative estimate of drug-likeness (QED) is 0.685. The Labute approximate surface area is 91.4 Å². The Balaban J connectivity index is 2.27. The van der Waals surface area contributed by atoms with Gasteiger partial charge in [-0.1, -0.05) is 22.8 Å². The van der Waals surface area contributed by atoms with Gasteiger partial charge in [-0.15, -0.1) is 0 Å². The molecule has 15 heavy (non-hydrogen) atoms. The molecule has 0 fully saturated rings. The van der Waals surface area contributed by atoms with Crippen LogP contribution in [0.3, 0.4) is 0 Å². The molecular formula is C10H8ClNO3. The van der Waals surface area contributed by atoms with Gasteiger partial charge in [0.05, 0.1) is 7.11 Å². The molecule has 0 unspecified atom stereocenters. The summed E-state index contributed by atoms with van der Waals surface area (Å²) in [5.74, 6) is 0.103. The summed E-state index contributed by atoms with van der Waals surface area (Å²) in [6.45, 7) is 0.